The van der Waals surface area contributed by atoms with E-state index < -0.39 is 16.6 Å². The average Bonchev–Trinajstić information content (AvgIpc) is 2.70. The Hall–Kier alpha value is 0.0300. The highest BCUT2D eigenvalue weighted by Gasteiger charge is 2.45. The summed E-state index contributed by atoms with van der Waals surface area (Å²) in [4.78, 5) is 0. The van der Waals surface area contributed by atoms with Crippen molar-refractivity contribution in [1.29, 1.82) is 0 Å². The molecule has 4 nitrogen and oxygen atoms in total. The summed E-state index contributed by atoms with van der Waals surface area (Å²) in [6.07, 6.45) is 2.37. The summed E-state index contributed by atoms with van der Waals surface area (Å²) in [6.45, 7) is 5.48. The number of nitrogens with two attached hydrogens (primary N) is 1. The molecule has 100 valence electrons. The Balaban J connectivity index is 2.01. The van der Waals surface area contributed by atoms with Crippen molar-refractivity contribution in [2.75, 3.05) is 19.0 Å². The second kappa shape index (κ2) is 5.34. The average molecular weight is 261 g/mol. The van der Waals surface area contributed by atoms with E-state index in [1.54, 1.807) is 0 Å². The molecule has 0 aromatic heterocycles. The van der Waals surface area contributed by atoms with Gasteiger partial charge in [-0.05, 0) is 12.3 Å². The Morgan fingerprint density at radius 3 is 2.65 bits per heavy atom. The Bertz CT molecular complexity index is 289. The van der Waals surface area contributed by atoms with E-state index in [1.165, 1.54) is 0 Å². The van der Waals surface area contributed by atoms with Gasteiger partial charge in [0.1, 0.15) is 0 Å². The first-order valence-corrected chi connectivity index (χ1v) is 7.81. The third kappa shape index (κ3) is 3.08. The first-order valence-electron chi connectivity index (χ1n) is 6.43. The molecule has 17 heavy (non-hydrogen) atoms. The van der Waals surface area contributed by atoms with E-state index >= 15 is 0 Å². The van der Waals surface area contributed by atoms with Crippen LogP contribution < -0.4 is 5.73 Å². The minimum absolute atomic E-state index is 0.0178. The second-order valence-corrected chi connectivity index (χ2v) is 7.19. The van der Waals surface area contributed by atoms with Gasteiger partial charge in [-0.25, -0.2) is 0 Å². The van der Waals surface area contributed by atoms with Crippen LogP contribution in [0.25, 0.3) is 0 Å². The minimum Gasteiger partial charge on any atom is -0.347 e. The lowest BCUT2D eigenvalue weighted by molar-refractivity contribution is -0.177. The molecule has 0 bridgehead atoms. The van der Waals surface area contributed by atoms with Gasteiger partial charge < -0.3 is 15.2 Å². The van der Waals surface area contributed by atoms with E-state index in [4.69, 9.17) is 15.2 Å². The maximum atomic E-state index is 12.3. The molecule has 1 aliphatic carbocycles. The monoisotopic (exact) mass is 261 g/mol. The number of rotatable bonds is 3. The quantitative estimate of drug-likeness (QED) is 0.824. The maximum Gasteiger partial charge on any atom is 0.169 e. The van der Waals surface area contributed by atoms with E-state index in [1.807, 2.05) is 0 Å². The lowest BCUT2D eigenvalue weighted by Gasteiger charge is -2.39. The smallest absolute Gasteiger partial charge is 0.169 e. The van der Waals surface area contributed by atoms with Gasteiger partial charge in [0, 0.05) is 35.4 Å². The summed E-state index contributed by atoms with van der Waals surface area (Å²) in [5.41, 5.74) is 6.10. The van der Waals surface area contributed by atoms with Crippen LogP contribution in [-0.4, -0.2) is 40.3 Å². The number of hydrogen-bond acceptors (Lipinski definition) is 4. The first-order chi connectivity index (χ1) is 8.02. The van der Waals surface area contributed by atoms with Crippen molar-refractivity contribution in [3.63, 3.8) is 0 Å². The van der Waals surface area contributed by atoms with Crippen LogP contribution in [0.2, 0.25) is 0 Å². The van der Waals surface area contributed by atoms with Crippen molar-refractivity contribution in [2.45, 2.75) is 50.2 Å². The van der Waals surface area contributed by atoms with Gasteiger partial charge in [0.2, 0.25) is 0 Å². The molecular weight excluding hydrogens is 238 g/mol. The molecule has 1 heterocycles. The van der Waals surface area contributed by atoms with Crippen molar-refractivity contribution in [1.82, 2.24) is 0 Å². The molecule has 1 saturated carbocycles. The van der Waals surface area contributed by atoms with Gasteiger partial charge in [-0.1, -0.05) is 13.8 Å². The van der Waals surface area contributed by atoms with Gasteiger partial charge in [0.15, 0.2) is 5.79 Å². The Kier molecular flexibility index (Phi) is 4.23. The topological polar surface area (TPSA) is 61.6 Å². The minimum atomic E-state index is -0.874. The molecule has 3 unspecified atom stereocenters. The van der Waals surface area contributed by atoms with Gasteiger partial charge in [0.25, 0.3) is 0 Å². The first kappa shape index (κ1) is 13.5. The van der Waals surface area contributed by atoms with E-state index in [9.17, 15) is 4.21 Å². The third-order valence-corrected chi connectivity index (χ3v) is 5.68. The fourth-order valence-electron chi connectivity index (χ4n) is 2.63. The van der Waals surface area contributed by atoms with Crippen LogP contribution in [0.1, 0.15) is 33.1 Å². The third-order valence-electron chi connectivity index (χ3n) is 3.50. The number of hydrogen-bond donors (Lipinski definition) is 1. The molecule has 0 radical (unpaired) electrons. The Labute approximate surface area is 106 Å². The van der Waals surface area contributed by atoms with Crippen molar-refractivity contribution < 1.29 is 13.7 Å². The predicted molar refractivity (Wildman–Crippen MR) is 68.1 cm³/mol. The Morgan fingerprint density at radius 1 is 1.41 bits per heavy atom. The zero-order chi connectivity index (χ0) is 12.5. The molecule has 1 aliphatic heterocycles. The van der Waals surface area contributed by atoms with Crippen LogP contribution in [-0.2, 0) is 20.3 Å². The molecule has 1 saturated heterocycles. The fourth-order valence-corrected chi connectivity index (χ4v) is 4.50. The van der Waals surface area contributed by atoms with Crippen LogP contribution in [0, 0.1) is 5.92 Å². The zero-order valence-corrected chi connectivity index (χ0v) is 11.5. The van der Waals surface area contributed by atoms with Crippen LogP contribution in [0.15, 0.2) is 0 Å². The molecule has 2 aliphatic rings. The number of ether oxygens (including phenoxy) is 2. The van der Waals surface area contributed by atoms with E-state index in [0.29, 0.717) is 31.3 Å². The highest BCUT2D eigenvalue weighted by molar-refractivity contribution is 7.85. The van der Waals surface area contributed by atoms with Gasteiger partial charge >= 0.3 is 0 Å². The molecule has 0 aromatic rings. The van der Waals surface area contributed by atoms with Gasteiger partial charge in [-0.2, -0.15) is 0 Å². The predicted octanol–water partition coefficient (Wildman–Crippen LogP) is 1.01. The van der Waals surface area contributed by atoms with Crippen molar-refractivity contribution in [3.8, 4) is 0 Å². The highest BCUT2D eigenvalue weighted by Crippen LogP contribution is 2.37. The molecule has 3 atom stereocenters. The maximum absolute atomic E-state index is 12.3. The summed E-state index contributed by atoms with van der Waals surface area (Å²) in [6, 6.07) is 0.0213. The van der Waals surface area contributed by atoms with Gasteiger partial charge in [-0.3, -0.25) is 4.21 Å². The van der Waals surface area contributed by atoms with Crippen molar-refractivity contribution in [2.24, 2.45) is 11.7 Å². The molecule has 5 heteroatoms. The molecule has 2 N–H and O–H groups in total. The Morgan fingerprint density at radius 2 is 2.06 bits per heavy atom. The lowest BCUT2D eigenvalue weighted by atomic mass is 9.90. The summed E-state index contributed by atoms with van der Waals surface area (Å²) in [5.74, 6) is 0.674. The van der Waals surface area contributed by atoms with Crippen LogP contribution in [0.4, 0.5) is 0 Å². The van der Waals surface area contributed by atoms with Crippen LogP contribution in [0.3, 0.4) is 0 Å². The SMILES string of the molecule is CC(C)CS(=O)C1CC2(CCC1N)OCCO2. The standard InChI is InChI=1S/C12H23NO3S/c1-9(2)8-17(14)11-7-12(4-3-10(11)13)15-5-6-16-12/h9-11H,3-8,13H2,1-2H3. The van der Waals surface area contributed by atoms with Crippen LogP contribution in [0.5, 0.6) is 0 Å². The fraction of sp³-hybridized carbons (Fsp3) is 1.00. The summed E-state index contributed by atoms with van der Waals surface area (Å²) < 4.78 is 23.7. The molecular formula is C12H23NO3S. The zero-order valence-electron chi connectivity index (χ0n) is 10.7. The van der Waals surface area contributed by atoms with E-state index in [-0.39, 0.29) is 11.3 Å². The van der Waals surface area contributed by atoms with Gasteiger partial charge in [-0.15, -0.1) is 0 Å². The van der Waals surface area contributed by atoms with E-state index in [0.717, 1.165) is 12.8 Å². The van der Waals surface area contributed by atoms with Crippen molar-refractivity contribution >= 4 is 10.8 Å². The molecule has 1 spiro atoms. The van der Waals surface area contributed by atoms with E-state index in [2.05, 4.69) is 13.8 Å². The summed E-state index contributed by atoms with van der Waals surface area (Å²) >= 11 is 0. The summed E-state index contributed by atoms with van der Waals surface area (Å²) in [5, 5.41) is 0.0178. The largest absolute Gasteiger partial charge is 0.347 e. The van der Waals surface area contributed by atoms with Gasteiger partial charge in [0.05, 0.1) is 18.5 Å². The molecule has 2 rings (SSSR count). The molecule has 2 fully saturated rings. The lowest BCUT2D eigenvalue weighted by Crippen LogP contribution is -2.51. The molecule has 0 amide bonds. The van der Waals surface area contributed by atoms with Crippen molar-refractivity contribution in [3.05, 3.63) is 0 Å². The summed E-state index contributed by atoms with van der Waals surface area (Å²) in [7, 11) is -0.874. The second-order valence-electron chi connectivity index (χ2n) is 5.49. The van der Waals surface area contributed by atoms with Crippen LogP contribution >= 0.6 is 0 Å². The molecule has 0 aromatic carbocycles. The highest BCUT2D eigenvalue weighted by atomic mass is 32.2. The normalized spacial score (nSPS) is 34.4.